The summed E-state index contributed by atoms with van der Waals surface area (Å²) in [5.74, 6) is 0.799. The summed E-state index contributed by atoms with van der Waals surface area (Å²) in [4.78, 5) is 9.67. The van der Waals surface area contributed by atoms with Crippen LogP contribution in [0.1, 0.15) is 0 Å². The number of hydrogen-bond acceptors (Lipinski definition) is 2. The molecule has 4 aromatic carbocycles. The molecule has 0 fully saturated rings. The number of aromatic nitrogens is 4. The van der Waals surface area contributed by atoms with Crippen LogP contribution in [0.4, 0.5) is 0 Å². The lowest BCUT2D eigenvalue weighted by Gasteiger charge is -2.12. The second-order valence-corrected chi connectivity index (χ2v) is 8.37. The molecule has 160 valence electrons. The maximum atomic E-state index is 5.08. The molecule has 0 spiro atoms. The van der Waals surface area contributed by atoms with E-state index in [4.69, 9.17) is 4.98 Å². The molecule has 34 heavy (non-hydrogen) atoms. The van der Waals surface area contributed by atoms with E-state index in [2.05, 4.69) is 105 Å². The van der Waals surface area contributed by atoms with Crippen LogP contribution >= 0.6 is 0 Å². The quantitative estimate of drug-likeness (QED) is 0.294. The van der Waals surface area contributed by atoms with Crippen LogP contribution in [0.5, 0.6) is 0 Å². The van der Waals surface area contributed by atoms with Gasteiger partial charge in [-0.25, -0.2) is 4.98 Å². The van der Waals surface area contributed by atoms with Crippen LogP contribution in [0.3, 0.4) is 0 Å². The number of rotatable bonds is 3. The molecule has 3 heterocycles. The predicted molar refractivity (Wildman–Crippen MR) is 139 cm³/mol. The van der Waals surface area contributed by atoms with Crippen molar-refractivity contribution in [1.82, 2.24) is 19.1 Å². The third kappa shape index (κ3) is 2.72. The first kappa shape index (κ1) is 18.8. The van der Waals surface area contributed by atoms with Crippen molar-refractivity contribution in [2.75, 3.05) is 0 Å². The van der Waals surface area contributed by atoms with Gasteiger partial charge < -0.3 is 0 Å². The lowest BCUT2D eigenvalue weighted by Crippen LogP contribution is -2.04. The monoisotopic (exact) mass is 436 g/mol. The fourth-order valence-corrected chi connectivity index (χ4v) is 4.98. The number of fused-ring (bicyclic) bond motifs is 5. The zero-order valence-corrected chi connectivity index (χ0v) is 18.3. The lowest BCUT2D eigenvalue weighted by atomic mass is 10.1. The normalized spacial score (nSPS) is 11.5. The number of benzene rings is 4. The Balaban J connectivity index is 1.65. The van der Waals surface area contributed by atoms with Gasteiger partial charge in [-0.3, -0.25) is 14.1 Å². The van der Waals surface area contributed by atoms with Gasteiger partial charge in [0.2, 0.25) is 0 Å². The first-order valence-corrected chi connectivity index (χ1v) is 11.4. The minimum atomic E-state index is 0.799. The highest BCUT2D eigenvalue weighted by Gasteiger charge is 2.22. The summed E-state index contributed by atoms with van der Waals surface area (Å²) in [5, 5.41) is 3.65. The molecule has 0 saturated heterocycles. The maximum Gasteiger partial charge on any atom is 0.158 e. The third-order valence-corrected chi connectivity index (χ3v) is 6.41. The van der Waals surface area contributed by atoms with Crippen molar-refractivity contribution in [1.29, 1.82) is 0 Å². The van der Waals surface area contributed by atoms with Crippen LogP contribution in [0.2, 0.25) is 0 Å². The van der Waals surface area contributed by atoms with Crippen LogP contribution in [-0.4, -0.2) is 19.1 Å². The van der Waals surface area contributed by atoms with Gasteiger partial charge in [-0.15, -0.1) is 0 Å². The highest BCUT2D eigenvalue weighted by Crippen LogP contribution is 2.40. The van der Waals surface area contributed by atoms with Crippen LogP contribution in [-0.2, 0) is 0 Å². The lowest BCUT2D eigenvalue weighted by molar-refractivity contribution is 1.00. The number of hydrogen-bond donors (Lipinski definition) is 0. The molecule has 0 amide bonds. The van der Waals surface area contributed by atoms with E-state index >= 15 is 0 Å². The highest BCUT2D eigenvalue weighted by molar-refractivity contribution is 6.22. The Hall–Kier alpha value is -4.70. The summed E-state index contributed by atoms with van der Waals surface area (Å²) >= 11 is 0. The molecule has 0 aliphatic rings. The zero-order chi connectivity index (χ0) is 22.5. The number of para-hydroxylation sites is 3. The van der Waals surface area contributed by atoms with Crippen molar-refractivity contribution in [3.8, 4) is 22.8 Å². The smallest absolute Gasteiger partial charge is 0.158 e. The molecule has 0 saturated carbocycles. The molecule has 0 atom stereocenters. The van der Waals surface area contributed by atoms with Crippen molar-refractivity contribution in [2.45, 2.75) is 0 Å². The summed E-state index contributed by atoms with van der Waals surface area (Å²) in [6.45, 7) is 0. The van der Waals surface area contributed by atoms with E-state index in [0.717, 1.165) is 33.9 Å². The fraction of sp³-hybridized carbons (Fsp3) is 0. The van der Waals surface area contributed by atoms with Gasteiger partial charge in [-0.1, -0.05) is 84.9 Å². The van der Waals surface area contributed by atoms with Crippen molar-refractivity contribution in [2.24, 2.45) is 0 Å². The Morgan fingerprint density at radius 1 is 0.529 bits per heavy atom. The van der Waals surface area contributed by atoms with Crippen molar-refractivity contribution in [3.05, 3.63) is 122 Å². The van der Waals surface area contributed by atoms with E-state index in [1.54, 1.807) is 0 Å². The number of nitrogens with zero attached hydrogens (tertiary/aromatic N) is 4. The van der Waals surface area contributed by atoms with E-state index in [1.165, 1.54) is 21.7 Å². The molecule has 4 heteroatoms. The molecular weight excluding hydrogens is 416 g/mol. The SMILES string of the molecule is c1ccc(-c2cncc(-n3c4ccccc4c4c5ccccc5n(-c5ccccc5)c43)n2)cc1. The van der Waals surface area contributed by atoms with Crippen LogP contribution < -0.4 is 0 Å². The van der Waals surface area contributed by atoms with Crippen LogP contribution in [0.15, 0.2) is 122 Å². The molecule has 3 aromatic heterocycles. The van der Waals surface area contributed by atoms with Gasteiger partial charge >= 0.3 is 0 Å². The van der Waals surface area contributed by atoms with E-state index in [-0.39, 0.29) is 0 Å². The summed E-state index contributed by atoms with van der Waals surface area (Å²) in [6, 6.07) is 37.9. The topological polar surface area (TPSA) is 35.6 Å². The van der Waals surface area contributed by atoms with Gasteiger partial charge in [0, 0.05) is 27.4 Å². The first-order valence-electron chi connectivity index (χ1n) is 11.4. The molecule has 0 bridgehead atoms. The van der Waals surface area contributed by atoms with Crippen molar-refractivity contribution >= 4 is 32.8 Å². The Labute approximate surface area is 196 Å². The Bertz CT molecular complexity index is 1790. The van der Waals surface area contributed by atoms with Gasteiger partial charge in [-0.2, -0.15) is 0 Å². The molecular formula is C30H20N4. The van der Waals surface area contributed by atoms with Crippen molar-refractivity contribution in [3.63, 3.8) is 0 Å². The van der Waals surface area contributed by atoms with E-state index in [1.807, 2.05) is 30.6 Å². The first-order chi connectivity index (χ1) is 16.9. The maximum absolute atomic E-state index is 5.08. The Morgan fingerprint density at radius 2 is 1.12 bits per heavy atom. The molecule has 7 aromatic rings. The Morgan fingerprint density at radius 3 is 1.82 bits per heavy atom. The largest absolute Gasteiger partial charge is 0.295 e. The minimum Gasteiger partial charge on any atom is -0.295 e. The van der Waals surface area contributed by atoms with Crippen molar-refractivity contribution < 1.29 is 0 Å². The van der Waals surface area contributed by atoms with E-state index < -0.39 is 0 Å². The molecule has 0 N–H and O–H groups in total. The highest BCUT2D eigenvalue weighted by atomic mass is 15.2. The summed E-state index contributed by atoms with van der Waals surface area (Å²) in [5.41, 5.74) is 6.39. The minimum absolute atomic E-state index is 0.799. The van der Waals surface area contributed by atoms with E-state index in [9.17, 15) is 0 Å². The average molecular weight is 437 g/mol. The molecule has 4 nitrogen and oxygen atoms in total. The van der Waals surface area contributed by atoms with Gasteiger partial charge in [0.1, 0.15) is 5.65 Å². The van der Waals surface area contributed by atoms with Gasteiger partial charge in [0.15, 0.2) is 5.82 Å². The van der Waals surface area contributed by atoms with E-state index in [0.29, 0.717) is 0 Å². The molecule has 0 aliphatic heterocycles. The van der Waals surface area contributed by atoms with Crippen LogP contribution in [0, 0.1) is 0 Å². The van der Waals surface area contributed by atoms with Gasteiger partial charge in [-0.05, 0) is 24.3 Å². The fourth-order valence-electron chi connectivity index (χ4n) is 4.98. The average Bonchev–Trinajstić information content (AvgIpc) is 3.42. The van der Waals surface area contributed by atoms with Crippen LogP contribution in [0.25, 0.3) is 55.6 Å². The van der Waals surface area contributed by atoms with Gasteiger partial charge in [0.05, 0.1) is 29.1 Å². The molecule has 7 rings (SSSR count). The molecule has 0 aliphatic carbocycles. The second kappa shape index (κ2) is 7.42. The molecule has 0 unspecified atom stereocenters. The van der Waals surface area contributed by atoms with Gasteiger partial charge in [0.25, 0.3) is 0 Å². The summed E-state index contributed by atoms with van der Waals surface area (Å²) in [6.07, 6.45) is 3.68. The molecule has 0 radical (unpaired) electrons. The standard InChI is InChI=1S/C30H20N4/c1-3-11-21(12-4-1)25-19-31-20-28(32-25)34-27-18-10-8-16-24(27)29-23-15-7-9-17-26(23)33(30(29)34)22-13-5-2-6-14-22/h1-20H. The second-order valence-electron chi connectivity index (χ2n) is 8.37. The summed E-state index contributed by atoms with van der Waals surface area (Å²) in [7, 11) is 0. The summed E-state index contributed by atoms with van der Waals surface area (Å²) < 4.78 is 4.58. The predicted octanol–water partition coefficient (Wildman–Crippen LogP) is 7.18. The third-order valence-electron chi connectivity index (χ3n) is 6.41. The Kier molecular flexibility index (Phi) is 4.11. The zero-order valence-electron chi connectivity index (χ0n) is 18.3.